The lowest BCUT2D eigenvalue weighted by Crippen LogP contribution is -2.43. The monoisotopic (exact) mass is 240 g/mol. The van der Waals surface area contributed by atoms with Gasteiger partial charge in [0.15, 0.2) is 0 Å². The molecule has 0 bridgehead atoms. The lowest BCUT2D eigenvalue weighted by molar-refractivity contribution is 0.158. The van der Waals surface area contributed by atoms with E-state index in [9.17, 15) is 0 Å². The van der Waals surface area contributed by atoms with Crippen molar-refractivity contribution in [2.45, 2.75) is 45.2 Å². The minimum absolute atomic E-state index is 0.573. The van der Waals surface area contributed by atoms with Gasteiger partial charge in [-0.05, 0) is 45.7 Å². The molecule has 2 rings (SSSR count). The van der Waals surface area contributed by atoms with Crippen LogP contribution in [0.3, 0.4) is 0 Å². The Balaban J connectivity index is 1.75. The van der Waals surface area contributed by atoms with Crippen molar-refractivity contribution in [2.24, 2.45) is 11.8 Å². The van der Waals surface area contributed by atoms with E-state index in [-0.39, 0.29) is 0 Å². The first-order chi connectivity index (χ1) is 8.22. The lowest BCUT2D eigenvalue weighted by atomic mass is 10.0. The standard InChI is InChI=1S/C14H28N2O/c1-4-7-15-14-10-17-9-13(14)8-16(3)11(2)12-5-6-12/h11-15H,4-10H2,1-3H3. The molecule has 0 amide bonds. The summed E-state index contributed by atoms with van der Waals surface area (Å²) in [6.07, 6.45) is 4.08. The van der Waals surface area contributed by atoms with Crippen molar-refractivity contribution in [3.63, 3.8) is 0 Å². The highest BCUT2D eigenvalue weighted by atomic mass is 16.5. The minimum atomic E-state index is 0.573. The van der Waals surface area contributed by atoms with E-state index in [1.165, 1.54) is 25.8 Å². The minimum Gasteiger partial charge on any atom is -0.379 e. The molecule has 3 nitrogen and oxygen atoms in total. The van der Waals surface area contributed by atoms with Crippen LogP contribution in [0.1, 0.15) is 33.1 Å². The van der Waals surface area contributed by atoms with E-state index >= 15 is 0 Å². The molecule has 1 aliphatic heterocycles. The van der Waals surface area contributed by atoms with Crippen molar-refractivity contribution in [3.8, 4) is 0 Å². The molecule has 2 fully saturated rings. The van der Waals surface area contributed by atoms with Crippen LogP contribution in [0.2, 0.25) is 0 Å². The molecule has 3 atom stereocenters. The first-order valence-electron chi connectivity index (χ1n) is 7.23. The predicted molar refractivity (Wildman–Crippen MR) is 71.2 cm³/mol. The van der Waals surface area contributed by atoms with Crippen LogP contribution in [0.25, 0.3) is 0 Å². The SMILES string of the molecule is CCCNC1COCC1CN(C)C(C)C1CC1. The van der Waals surface area contributed by atoms with E-state index in [1.54, 1.807) is 0 Å². The summed E-state index contributed by atoms with van der Waals surface area (Å²) in [4.78, 5) is 2.54. The van der Waals surface area contributed by atoms with Crippen LogP contribution >= 0.6 is 0 Å². The van der Waals surface area contributed by atoms with Gasteiger partial charge in [0.1, 0.15) is 0 Å². The van der Waals surface area contributed by atoms with Crippen LogP contribution in [0.5, 0.6) is 0 Å². The molecular weight excluding hydrogens is 212 g/mol. The third-order valence-corrected chi connectivity index (χ3v) is 4.38. The molecule has 3 unspecified atom stereocenters. The molecule has 100 valence electrons. The average molecular weight is 240 g/mol. The number of nitrogens with zero attached hydrogens (tertiary/aromatic N) is 1. The van der Waals surface area contributed by atoms with E-state index in [0.29, 0.717) is 12.0 Å². The summed E-state index contributed by atoms with van der Waals surface area (Å²) in [5.74, 6) is 1.64. The van der Waals surface area contributed by atoms with E-state index in [1.807, 2.05) is 0 Å². The molecule has 1 saturated carbocycles. The number of rotatable bonds is 7. The molecule has 2 aliphatic rings. The Kier molecular flexibility index (Phi) is 4.83. The van der Waals surface area contributed by atoms with E-state index < -0.39 is 0 Å². The summed E-state index contributed by atoms with van der Waals surface area (Å²) in [6, 6.07) is 1.33. The Hall–Kier alpha value is -0.120. The average Bonchev–Trinajstić information content (AvgIpc) is 3.08. The van der Waals surface area contributed by atoms with Crippen molar-refractivity contribution in [3.05, 3.63) is 0 Å². The molecule has 17 heavy (non-hydrogen) atoms. The van der Waals surface area contributed by atoms with Crippen LogP contribution in [0, 0.1) is 11.8 Å². The summed E-state index contributed by atoms with van der Waals surface area (Å²) in [5.41, 5.74) is 0. The van der Waals surface area contributed by atoms with Crippen LogP contribution in [-0.2, 0) is 4.74 Å². The zero-order valence-corrected chi connectivity index (χ0v) is 11.6. The summed E-state index contributed by atoms with van der Waals surface area (Å²) in [6.45, 7) is 8.73. The second-order valence-corrected chi connectivity index (χ2v) is 5.88. The van der Waals surface area contributed by atoms with E-state index in [4.69, 9.17) is 4.74 Å². The normalized spacial score (nSPS) is 31.1. The first kappa shape index (κ1) is 13.3. The molecular formula is C14H28N2O. The fourth-order valence-corrected chi connectivity index (χ4v) is 2.81. The molecule has 1 saturated heterocycles. The highest BCUT2D eigenvalue weighted by Gasteiger charge is 2.34. The van der Waals surface area contributed by atoms with Gasteiger partial charge in [0.05, 0.1) is 13.2 Å². The fourth-order valence-electron chi connectivity index (χ4n) is 2.81. The van der Waals surface area contributed by atoms with Gasteiger partial charge in [-0.3, -0.25) is 0 Å². The molecule has 0 aromatic rings. The van der Waals surface area contributed by atoms with Crippen LogP contribution in [0.4, 0.5) is 0 Å². The predicted octanol–water partition coefficient (Wildman–Crippen LogP) is 1.73. The maximum atomic E-state index is 5.63. The van der Waals surface area contributed by atoms with Crippen molar-refractivity contribution in [1.82, 2.24) is 10.2 Å². The van der Waals surface area contributed by atoms with Gasteiger partial charge in [0.2, 0.25) is 0 Å². The molecule has 0 radical (unpaired) electrons. The Morgan fingerprint density at radius 1 is 1.35 bits per heavy atom. The molecule has 0 spiro atoms. The third-order valence-electron chi connectivity index (χ3n) is 4.38. The topological polar surface area (TPSA) is 24.5 Å². The molecule has 1 aliphatic carbocycles. The van der Waals surface area contributed by atoms with Crippen LogP contribution < -0.4 is 5.32 Å². The number of nitrogens with one attached hydrogen (secondary N) is 1. The highest BCUT2D eigenvalue weighted by Crippen LogP contribution is 2.35. The second-order valence-electron chi connectivity index (χ2n) is 5.88. The second kappa shape index (κ2) is 6.17. The summed E-state index contributed by atoms with van der Waals surface area (Å²) in [5, 5.41) is 3.62. The maximum Gasteiger partial charge on any atom is 0.0623 e. The van der Waals surface area contributed by atoms with Gasteiger partial charge in [-0.2, -0.15) is 0 Å². The van der Waals surface area contributed by atoms with Gasteiger partial charge >= 0.3 is 0 Å². The molecule has 0 aromatic heterocycles. The van der Waals surface area contributed by atoms with Crippen molar-refractivity contribution >= 4 is 0 Å². The summed E-state index contributed by atoms with van der Waals surface area (Å²) in [7, 11) is 2.28. The Bertz CT molecular complexity index is 230. The van der Waals surface area contributed by atoms with Gasteiger partial charge in [-0.15, -0.1) is 0 Å². The molecule has 3 heteroatoms. The highest BCUT2D eigenvalue weighted by molar-refractivity contribution is 4.88. The largest absolute Gasteiger partial charge is 0.379 e. The van der Waals surface area contributed by atoms with Crippen molar-refractivity contribution in [2.75, 3.05) is 33.4 Å². The zero-order valence-electron chi connectivity index (χ0n) is 11.6. The van der Waals surface area contributed by atoms with Gasteiger partial charge < -0.3 is 15.0 Å². The summed E-state index contributed by atoms with van der Waals surface area (Å²) < 4.78 is 5.63. The quantitative estimate of drug-likeness (QED) is 0.733. The Morgan fingerprint density at radius 2 is 2.12 bits per heavy atom. The lowest BCUT2D eigenvalue weighted by Gasteiger charge is -2.29. The number of ether oxygens (including phenoxy) is 1. The fraction of sp³-hybridized carbons (Fsp3) is 1.00. The number of hydrogen-bond donors (Lipinski definition) is 1. The Labute approximate surface area is 106 Å². The molecule has 0 aromatic carbocycles. The van der Waals surface area contributed by atoms with Crippen molar-refractivity contribution < 1.29 is 4.74 Å². The maximum absolute atomic E-state index is 5.63. The van der Waals surface area contributed by atoms with E-state index in [2.05, 4.69) is 31.1 Å². The Morgan fingerprint density at radius 3 is 2.76 bits per heavy atom. The smallest absolute Gasteiger partial charge is 0.0623 e. The van der Waals surface area contributed by atoms with Gasteiger partial charge in [-0.1, -0.05) is 6.92 Å². The van der Waals surface area contributed by atoms with Crippen molar-refractivity contribution in [1.29, 1.82) is 0 Å². The van der Waals surface area contributed by atoms with E-state index in [0.717, 1.165) is 31.7 Å². The van der Waals surface area contributed by atoms with Crippen LogP contribution in [0.15, 0.2) is 0 Å². The third kappa shape index (κ3) is 3.67. The molecule has 1 N–H and O–H groups in total. The number of hydrogen-bond acceptors (Lipinski definition) is 3. The van der Waals surface area contributed by atoms with Crippen LogP contribution in [-0.4, -0.2) is 50.3 Å². The molecule has 1 heterocycles. The van der Waals surface area contributed by atoms with Gasteiger partial charge in [-0.25, -0.2) is 0 Å². The van der Waals surface area contributed by atoms with Gasteiger partial charge in [0.25, 0.3) is 0 Å². The van der Waals surface area contributed by atoms with Gasteiger partial charge in [0, 0.05) is 24.5 Å². The summed E-state index contributed by atoms with van der Waals surface area (Å²) >= 11 is 0. The zero-order chi connectivity index (χ0) is 12.3. The first-order valence-corrected chi connectivity index (χ1v) is 7.23.